The summed E-state index contributed by atoms with van der Waals surface area (Å²) in [5.41, 5.74) is 0. The van der Waals surface area contributed by atoms with Crippen molar-refractivity contribution in [2.24, 2.45) is 5.92 Å². The van der Waals surface area contributed by atoms with Crippen molar-refractivity contribution >= 4 is 5.91 Å². The predicted octanol–water partition coefficient (Wildman–Crippen LogP) is 1.71. The summed E-state index contributed by atoms with van der Waals surface area (Å²) in [5.74, 6) is 1.55. The van der Waals surface area contributed by atoms with Crippen LogP contribution in [0.1, 0.15) is 41.7 Å². The maximum atomic E-state index is 12.0. The minimum absolute atomic E-state index is 0.0819. The fourth-order valence-corrected chi connectivity index (χ4v) is 2.73. The highest BCUT2D eigenvalue weighted by molar-refractivity contribution is 5.89. The first kappa shape index (κ1) is 14.8. The van der Waals surface area contributed by atoms with Gasteiger partial charge in [0.1, 0.15) is 17.7 Å². The van der Waals surface area contributed by atoms with Gasteiger partial charge in [-0.25, -0.2) is 9.97 Å². The molecule has 0 radical (unpaired) electrons. The van der Waals surface area contributed by atoms with Gasteiger partial charge in [-0.05, 0) is 20.3 Å². The fourth-order valence-electron chi connectivity index (χ4n) is 2.73. The number of imidazole rings is 1. The van der Waals surface area contributed by atoms with Crippen LogP contribution in [0.4, 0.5) is 0 Å². The molecule has 0 bridgehead atoms. The van der Waals surface area contributed by atoms with E-state index in [2.05, 4.69) is 26.8 Å². The van der Waals surface area contributed by atoms with Crippen LogP contribution in [-0.4, -0.2) is 33.6 Å². The third-order valence-corrected chi connectivity index (χ3v) is 3.90. The van der Waals surface area contributed by atoms with Gasteiger partial charge in [0.15, 0.2) is 0 Å². The van der Waals surface area contributed by atoms with Crippen LogP contribution in [0.15, 0.2) is 23.0 Å². The smallest absolute Gasteiger partial charge is 0.307 e. The van der Waals surface area contributed by atoms with Gasteiger partial charge in [-0.2, -0.15) is 0 Å². The zero-order valence-corrected chi connectivity index (χ0v) is 12.8. The maximum Gasteiger partial charge on any atom is 0.307 e. The van der Waals surface area contributed by atoms with E-state index < -0.39 is 0 Å². The number of hydrogen-bond acceptors (Lipinski definition) is 5. The molecular formula is C15H20N4O3. The summed E-state index contributed by atoms with van der Waals surface area (Å²) in [6.45, 7) is 5.88. The minimum Gasteiger partial charge on any atom is -0.438 e. The molecule has 3 heterocycles. The Kier molecular flexibility index (Phi) is 4.24. The van der Waals surface area contributed by atoms with Gasteiger partial charge in [-0.15, -0.1) is 0 Å². The number of amides is 1. The van der Waals surface area contributed by atoms with Crippen molar-refractivity contribution in [2.45, 2.75) is 32.9 Å². The molecule has 22 heavy (non-hydrogen) atoms. The molecule has 3 rings (SSSR count). The molecule has 1 saturated heterocycles. The van der Waals surface area contributed by atoms with E-state index in [0.29, 0.717) is 18.9 Å². The molecule has 7 heteroatoms. The van der Waals surface area contributed by atoms with Crippen LogP contribution in [0, 0.1) is 12.8 Å². The standard InChI is InChI=1S/C15H20N4O3/c1-3-19-6-5-16-13(19)12-11(4-7-21-12)9-17-14(20)15-18-8-10(2)22-15/h5-6,8,11-12H,3-4,7,9H2,1-2H3,(H,17,20)/t11-,12+/m0/s1. The van der Waals surface area contributed by atoms with Crippen molar-refractivity contribution in [3.05, 3.63) is 36.1 Å². The minimum atomic E-state index is -0.294. The fraction of sp³-hybridized carbons (Fsp3) is 0.533. The summed E-state index contributed by atoms with van der Waals surface area (Å²) in [6, 6.07) is 0. The molecule has 0 unspecified atom stereocenters. The van der Waals surface area contributed by atoms with Crippen molar-refractivity contribution in [2.75, 3.05) is 13.2 Å². The largest absolute Gasteiger partial charge is 0.438 e. The van der Waals surface area contributed by atoms with Gasteiger partial charge in [0.25, 0.3) is 5.89 Å². The molecule has 2 atom stereocenters. The van der Waals surface area contributed by atoms with Crippen molar-refractivity contribution in [1.29, 1.82) is 0 Å². The molecule has 1 amide bonds. The van der Waals surface area contributed by atoms with Crippen molar-refractivity contribution in [1.82, 2.24) is 19.9 Å². The van der Waals surface area contributed by atoms with Gasteiger partial charge in [0.2, 0.25) is 0 Å². The van der Waals surface area contributed by atoms with E-state index in [9.17, 15) is 4.79 Å². The number of oxazole rings is 1. The van der Waals surface area contributed by atoms with Crippen LogP contribution in [0.3, 0.4) is 0 Å². The number of carbonyl (C=O) groups excluding carboxylic acids is 1. The second kappa shape index (κ2) is 6.31. The van der Waals surface area contributed by atoms with Crippen LogP contribution in [0.2, 0.25) is 0 Å². The van der Waals surface area contributed by atoms with Crippen LogP contribution in [0.25, 0.3) is 0 Å². The highest BCUT2D eigenvalue weighted by atomic mass is 16.5. The van der Waals surface area contributed by atoms with Crippen molar-refractivity contribution in [3.8, 4) is 0 Å². The lowest BCUT2D eigenvalue weighted by Gasteiger charge is -2.19. The first-order chi connectivity index (χ1) is 10.7. The molecule has 118 valence electrons. The average molecular weight is 304 g/mol. The zero-order valence-electron chi connectivity index (χ0n) is 12.8. The second-order valence-electron chi connectivity index (χ2n) is 5.40. The van der Waals surface area contributed by atoms with Gasteiger partial charge in [-0.1, -0.05) is 0 Å². The van der Waals surface area contributed by atoms with E-state index in [0.717, 1.165) is 18.8 Å². The molecule has 1 aliphatic rings. The molecule has 0 spiro atoms. The molecule has 0 saturated carbocycles. The van der Waals surface area contributed by atoms with Crippen LogP contribution in [-0.2, 0) is 11.3 Å². The summed E-state index contributed by atoms with van der Waals surface area (Å²) in [4.78, 5) is 20.3. The summed E-state index contributed by atoms with van der Waals surface area (Å²) in [7, 11) is 0. The van der Waals surface area contributed by atoms with E-state index in [-0.39, 0.29) is 23.8 Å². The zero-order chi connectivity index (χ0) is 15.5. The van der Waals surface area contributed by atoms with Gasteiger partial charge >= 0.3 is 5.91 Å². The predicted molar refractivity (Wildman–Crippen MR) is 78.3 cm³/mol. The number of nitrogens with zero attached hydrogens (tertiary/aromatic N) is 3. The molecule has 1 N–H and O–H groups in total. The quantitative estimate of drug-likeness (QED) is 0.909. The number of aryl methyl sites for hydroxylation is 2. The summed E-state index contributed by atoms with van der Waals surface area (Å²) >= 11 is 0. The third-order valence-electron chi connectivity index (χ3n) is 3.90. The Balaban J connectivity index is 1.63. The molecule has 0 aromatic carbocycles. The monoisotopic (exact) mass is 304 g/mol. The second-order valence-corrected chi connectivity index (χ2v) is 5.40. The first-order valence-electron chi connectivity index (χ1n) is 7.52. The van der Waals surface area contributed by atoms with E-state index in [1.165, 1.54) is 6.20 Å². The van der Waals surface area contributed by atoms with Gasteiger partial charge in [0.05, 0.1) is 6.20 Å². The molecule has 2 aromatic rings. The topological polar surface area (TPSA) is 82.2 Å². The number of hydrogen-bond donors (Lipinski definition) is 1. The third kappa shape index (κ3) is 2.89. The molecule has 7 nitrogen and oxygen atoms in total. The highest BCUT2D eigenvalue weighted by Gasteiger charge is 2.33. The number of nitrogens with one attached hydrogen (secondary N) is 1. The Hall–Kier alpha value is -2.15. The lowest BCUT2D eigenvalue weighted by atomic mass is 10.0. The molecule has 1 fully saturated rings. The Morgan fingerprint density at radius 2 is 2.36 bits per heavy atom. The highest BCUT2D eigenvalue weighted by Crippen LogP contribution is 2.33. The van der Waals surface area contributed by atoms with Crippen molar-refractivity contribution < 1.29 is 13.9 Å². The van der Waals surface area contributed by atoms with Gasteiger partial charge in [-0.3, -0.25) is 4.79 Å². The van der Waals surface area contributed by atoms with Gasteiger partial charge < -0.3 is 19.0 Å². The lowest BCUT2D eigenvalue weighted by molar-refractivity contribution is 0.0764. The first-order valence-corrected chi connectivity index (χ1v) is 7.52. The van der Waals surface area contributed by atoms with E-state index in [4.69, 9.17) is 9.15 Å². The Morgan fingerprint density at radius 1 is 1.50 bits per heavy atom. The van der Waals surface area contributed by atoms with Crippen LogP contribution >= 0.6 is 0 Å². The summed E-state index contributed by atoms with van der Waals surface area (Å²) in [5, 5.41) is 2.87. The van der Waals surface area contributed by atoms with E-state index in [1.807, 2.05) is 6.20 Å². The normalized spacial score (nSPS) is 21.2. The van der Waals surface area contributed by atoms with Crippen molar-refractivity contribution in [3.63, 3.8) is 0 Å². The SMILES string of the molecule is CCn1ccnc1[C@@H]1OCC[C@H]1CNC(=O)c1ncc(C)o1. The number of rotatable bonds is 5. The number of carbonyl (C=O) groups is 1. The molecule has 1 aliphatic heterocycles. The number of aromatic nitrogens is 3. The maximum absolute atomic E-state index is 12.0. The summed E-state index contributed by atoms with van der Waals surface area (Å²) in [6.07, 6.45) is 6.08. The Labute approximate surface area is 128 Å². The summed E-state index contributed by atoms with van der Waals surface area (Å²) < 4.78 is 13.1. The molecule has 0 aliphatic carbocycles. The van der Waals surface area contributed by atoms with E-state index in [1.54, 1.807) is 13.1 Å². The average Bonchev–Trinajstić information content (AvgIpc) is 3.23. The lowest BCUT2D eigenvalue weighted by Crippen LogP contribution is -2.31. The van der Waals surface area contributed by atoms with Crippen LogP contribution in [0.5, 0.6) is 0 Å². The molecule has 2 aromatic heterocycles. The van der Waals surface area contributed by atoms with E-state index >= 15 is 0 Å². The Morgan fingerprint density at radius 3 is 3.09 bits per heavy atom. The molecular weight excluding hydrogens is 284 g/mol. The Bertz CT molecular complexity index is 649. The van der Waals surface area contributed by atoms with Gasteiger partial charge in [0, 0.05) is 38.0 Å². The number of ether oxygens (including phenoxy) is 1. The van der Waals surface area contributed by atoms with Crippen LogP contribution < -0.4 is 5.32 Å².